The van der Waals surface area contributed by atoms with Crippen LogP contribution in [0, 0.1) is 28.6 Å². The van der Waals surface area contributed by atoms with Crippen molar-refractivity contribution in [2.24, 2.45) is 40.1 Å². The van der Waals surface area contributed by atoms with E-state index in [9.17, 15) is 4.79 Å². The predicted molar refractivity (Wildman–Crippen MR) is 88.4 cm³/mol. The molecule has 4 N–H and O–H groups in total. The van der Waals surface area contributed by atoms with E-state index in [1.165, 1.54) is 0 Å². The number of hydrogen-bond acceptors (Lipinski definition) is 3. The van der Waals surface area contributed by atoms with Gasteiger partial charge in [-0.1, -0.05) is 13.8 Å². The molecule has 0 aromatic carbocycles. The van der Waals surface area contributed by atoms with Gasteiger partial charge in [0.25, 0.3) is 0 Å². The van der Waals surface area contributed by atoms with Gasteiger partial charge in [0.05, 0.1) is 0 Å². The van der Waals surface area contributed by atoms with Crippen molar-refractivity contribution >= 4 is 5.78 Å². The lowest BCUT2D eigenvalue weighted by Crippen LogP contribution is -2.66. The smallest absolute Gasteiger partial charge is 0.139 e. The summed E-state index contributed by atoms with van der Waals surface area (Å²) in [5.74, 6) is 0.994. The van der Waals surface area contributed by atoms with Crippen molar-refractivity contribution < 1.29 is 9.18 Å². The molecule has 4 aliphatic carbocycles. The van der Waals surface area contributed by atoms with Crippen LogP contribution in [0.2, 0.25) is 0 Å². The zero-order chi connectivity index (χ0) is 16.6. The van der Waals surface area contributed by atoms with Gasteiger partial charge in [-0.2, -0.15) is 0 Å². The molecule has 0 heterocycles. The average Bonchev–Trinajstić information content (AvgIpc) is 2.79. The second-order valence-electron chi connectivity index (χ2n) is 9.41. The van der Waals surface area contributed by atoms with E-state index >= 15 is 4.39 Å². The van der Waals surface area contributed by atoms with E-state index in [0.29, 0.717) is 37.4 Å². The van der Waals surface area contributed by atoms with Crippen LogP contribution in [0.25, 0.3) is 0 Å². The lowest BCUT2D eigenvalue weighted by Gasteiger charge is -2.64. The van der Waals surface area contributed by atoms with Gasteiger partial charge in [0.1, 0.15) is 11.5 Å². The zero-order valence-corrected chi connectivity index (χ0v) is 14.5. The molecule has 4 heteroatoms. The number of halogens is 1. The van der Waals surface area contributed by atoms with Crippen molar-refractivity contribution in [1.29, 1.82) is 0 Å². The number of Topliss-reactive ketones (excluding diaryl/α,β-unsaturated/α-hetero) is 1. The molecular formula is C19H31FN2O. The first kappa shape index (κ1) is 16.0. The summed E-state index contributed by atoms with van der Waals surface area (Å²) in [7, 11) is 0. The van der Waals surface area contributed by atoms with Gasteiger partial charge in [-0.15, -0.1) is 0 Å². The van der Waals surface area contributed by atoms with E-state index in [-0.39, 0.29) is 34.7 Å². The first-order valence-electron chi connectivity index (χ1n) is 9.46. The van der Waals surface area contributed by atoms with Crippen LogP contribution in [0.3, 0.4) is 0 Å². The number of rotatable bonds is 0. The fraction of sp³-hybridized carbons (Fsp3) is 0.947. The minimum atomic E-state index is -1.16. The molecule has 0 aromatic heterocycles. The summed E-state index contributed by atoms with van der Waals surface area (Å²) in [6.07, 6.45) is 6.31. The molecule has 3 nitrogen and oxygen atoms in total. The van der Waals surface area contributed by atoms with Gasteiger partial charge in [-0.05, 0) is 62.7 Å². The Balaban J connectivity index is 1.72. The number of nitrogens with two attached hydrogens (primary N) is 2. The van der Waals surface area contributed by atoms with Crippen molar-refractivity contribution in [3.05, 3.63) is 0 Å². The molecule has 0 unspecified atom stereocenters. The monoisotopic (exact) mass is 322 g/mol. The third kappa shape index (κ3) is 1.85. The molecule has 8 atom stereocenters. The number of alkyl halides is 1. The Bertz CT molecular complexity index is 539. The lowest BCUT2D eigenvalue weighted by molar-refractivity contribution is -0.193. The lowest BCUT2D eigenvalue weighted by atomic mass is 9.43. The highest BCUT2D eigenvalue weighted by Gasteiger charge is 2.68. The molecule has 4 rings (SSSR count). The molecule has 0 radical (unpaired) electrons. The molecule has 0 spiro atoms. The van der Waals surface area contributed by atoms with Crippen LogP contribution < -0.4 is 11.5 Å². The highest BCUT2D eigenvalue weighted by Crippen LogP contribution is 2.68. The van der Waals surface area contributed by atoms with Gasteiger partial charge in [-0.3, -0.25) is 4.79 Å². The second kappa shape index (κ2) is 4.78. The standard InChI is InChI=1S/C19H31FN2O/c1-17-7-8-19(20)13(12(17)5-6-16(17)23)4-3-11-9-14(21)15(22)10-18(11,19)2/h11-15H,3-10,21-22H2,1-2H3/t11-,12-,13-,14-,15-,17-,18-,19+/m0/s1. The van der Waals surface area contributed by atoms with E-state index in [0.717, 1.165) is 25.7 Å². The van der Waals surface area contributed by atoms with Gasteiger partial charge in [0.2, 0.25) is 0 Å². The average molecular weight is 322 g/mol. The van der Waals surface area contributed by atoms with Gasteiger partial charge >= 0.3 is 0 Å². The highest BCUT2D eigenvalue weighted by atomic mass is 19.1. The maximum atomic E-state index is 16.6. The Labute approximate surface area is 138 Å². The fourth-order valence-corrected chi connectivity index (χ4v) is 7.05. The molecule has 0 saturated heterocycles. The van der Waals surface area contributed by atoms with Gasteiger partial charge in [0.15, 0.2) is 0 Å². The maximum Gasteiger partial charge on any atom is 0.139 e. The van der Waals surface area contributed by atoms with Crippen molar-refractivity contribution in [3.8, 4) is 0 Å². The van der Waals surface area contributed by atoms with Gasteiger partial charge in [-0.25, -0.2) is 4.39 Å². The largest absolute Gasteiger partial charge is 0.326 e. The molecule has 0 bridgehead atoms. The number of ketones is 1. The topological polar surface area (TPSA) is 69.1 Å². The number of hydrogen-bond donors (Lipinski definition) is 2. The molecule has 4 aliphatic rings. The summed E-state index contributed by atoms with van der Waals surface area (Å²) in [5.41, 5.74) is 10.7. The summed E-state index contributed by atoms with van der Waals surface area (Å²) in [5, 5.41) is 0. The van der Waals surface area contributed by atoms with Crippen LogP contribution >= 0.6 is 0 Å². The third-order valence-corrected chi connectivity index (χ3v) is 8.66. The van der Waals surface area contributed by atoms with E-state index in [1.54, 1.807) is 0 Å². The molecule has 23 heavy (non-hydrogen) atoms. The second-order valence-corrected chi connectivity index (χ2v) is 9.41. The number of carbonyl (C=O) groups excluding carboxylic acids is 1. The quantitative estimate of drug-likeness (QED) is 0.720. The van der Waals surface area contributed by atoms with Crippen LogP contribution in [-0.4, -0.2) is 23.5 Å². The Morgan fingerprint density at radius 3 is 2.52 bits per heavy atom. The summed E-state index contributed by atoms with van der Waals surface area (Å²) < 4.78 is 16.6. The third-order valence-electron chi connectivity index (χ3n) is 8.66. The first-order chi connectivity index (χ1) is 10.7. The normalized spacial score (nSPS) is 59.2. The van der Waals surface area contributed by atoms with Crippen molar-refractivity contribution in [2.75, 3.05) is 0 Å². The van der Waals surface area contributed by atoms with Gasteiger partial charge in [0, 0.05) is 29.3 Å². The van der Waals surface area contributed by atoms with Crippen LogP contribution in [0.1, 0.15) is 65.2 Å². The summed E-state index contributed by atoms with van der Waals surface area (Å²) in [6.45, 7) is 4.23. The van der Waals surface area contributed by atoms with Crippen molar-refractivity contribution in [1.82, 2.24) is 0 Å². The van der Waals surface area contributed by atoms with Gasteiger partial charge < -0.3 is 11.5 Å². The molecule has 130 valence electrons. The Morgan fingerprint density at radius 1 is 1.04 bits per heavy atom. The Kier molecular flexibility index (Phi) is 3.33. The molecular weight excluding hydrogens is 291 g/mol. The minimum absolute atomic E-state index is 0.00939. The maximum absolute atomic E-state index is 16.6. The molecule has 4 saturated carbocycles. The van der Waals surface area contributed by atoms with E-state index in [2.05, 4.69) is 13.8 Å². The van der Waals surface area contributed by atoms with Crippen molar-refractivity contribution in [2.45, 2.75) is 83.0 Å². The van der Waals surface area contributed by atoms with Crippen LogP contribution in [0.5, 0.6) is 0 Å². The molecule has 0 aromatic rings. The Hall–Kier alpha value is -0.480. The first-order valence-corrected chi connectivity index (χ1v) is 9.46. The summed E-state index contributed by atoms with van der Waals surface area (Å²) in [6, 6.07) is -0.0868. The number of carbonyl (C=O) groups is 1. The van der Waals surface area contributed by atoms with Crippen LogP contribution in [0.4, 0.5) is 4.39 Å². The van der Waals surface area contributed by atoms with Crippen molar-refractivity contribution in [3.63, 3.8) is 0 Å². The molecule has 4 fully saturated rings. The van der Waals surface area contributed by atoms with E-state index < -0.39 is 5.67 Å². The van der Waals surface area contributed by atoms with E-state index in [1.807, 2.05) is 0 Å². The zero-order valence-electron chi connectivity index (χ0n) is 14.5. The summed E-state index contributed by atoms with van der Waals surface area (Å²) >= 11 is 0. The summed E-state index contributed by atoms with van der Waals surface area (Å²) in [4.78, 5) is 12.4. The van der Waals surface area contributed by atoms with E-state index in [4.69, 9.17) is 11.5 Å². The highest BCUT2D eigenvalue weighted by molar-refractivity contribution is 5.87. The molecule has 0 amide bonds. The molecule has 0 aliphatic heterocycles. The van der Waals surface area contributed by atoms with Crippen LogP contribution in [0.15, 0.2) is 0 Å². The fourth-order valence-electron chi connectivity index (χ4n) is 7.05. The minimum Gasteiger partial charge on any atom is -0.326 e. The number of fused-ring (bicyclic) bond motifs is 5. The van der Waals surface area contributed by atoms with Crippen LogP contribution in [-0.2, 0) is 4.79 Å². The Morgan fingerprint density at radius 2 is 1.78 bits per heavy atom. The predicted octanol–water partition coefficient (Wildman–Crippen LogP) is 2.95. The SMILES string of the molecule is C[C@]12C[C@H](N)[C@@H](N)C[C@@H]1CC[C@H]1[C@@H]3CCC(=O)[C@@]3(C)CC[C@@]12F.